The summed E-state index contributed by atoms with van der Waals surface area (Å²) < 4.78 is 5.40. The summed E-state index contributed by atoms with van der Waals surface area (Å²) in [5.74, 6) is -0.270. The molecule has 0 unspecified atom stereocenters. The van der Waals surface area contributed by atoms with Gasteiger partial charge in [0.2, 0.25) is 5.91 Å². The predicted octanol–water partition coefficient (Wildman–Crippen LogP) is 5.49. The Balaban J connectivity index is 1.73. The van der Waals surface area contributed by atoms with Crippen LogP contribution in [0, 0.1) is 6.92 Å². The number of aryl methyl sites for hydroxylation is 1. The normalized spacial score (nSPS) is 15.5. The summed E-state index contributed by atoms with van der Waals surface area (Å²) >= 11 is 1.48. The minimum Gasteiger partial charge on any atom is -0.459 e. The zero-order chi connectivity index (χ0) is 20.9. The van der Waals surface area contributed by atoms with Gasteiger partial charge in [-0.15, -0.1) is 11.3 Å². The molecule has 3 aromatic rings. The van der Waals surface area contributed by atoms with Crippen molar-refractivity contribution < 1.29 is 14.0 Å². The molecule has 1 fully saturated rings. The van der Waals surface area contributed by atoms with Gasteiger partial charge >= 0.3 is 0 Å². The van der Waals surface area contributed by atoms with Gasteiger partial charge in [0.25, 0.3) is 5.91 Å². The molecule has 0 saturated heterocycles. The van der Waals surface area contributed by atoms with Crippen molar-refractivity contribution in [2.24, 2.45) is 0 Å². The lowest BCUT2D eigenvalue weighted by Crippen LogP contribution is -2.47. The number of carbonyl (C=O) groups is 2. The SMILES string of the molecule is Cc1ccc(N(C(=O)c2ccco2)[C@@H](C(=O)NC2CCCCC2)c2cccs2)cc1. The lowest BCUT2D eigenvalue weighted by Gasteiger charge is -2.32. The van der Waals surface area contributed by atoms with E-state index in [1.54, 1.807) is 17.0 Å². The number of benzene rings is 1. The summed E-state index contributed by atoms with van der Waals surface area (Å²) in [7, 11) is 0. The number of furan rings is 1. The fourth-order valence-corrected chi connectivity index (χ4v) is 4.77. The van der Waals surface area contributed by atoms with Crippen LogP contribution in [0.25, 0.3) is 0 Å². The van der Waals surface area contributed by atoms with E-state index in [-0.39, 0.29) is 23.6 Å². The molecule has 0 radical (unpaired) electrons. The van der Waals surface area contributed by atoms with Gasteiger partial charge in [0.15, 0.2) is 11.8 Å². The topological polar surface area (TPSA) is 62.6 Å². The molecule has 0 bridgehead atoms. The summed E-state index contributed by atoms with van der Waals surface area (Å²) in [5.41, 5.74) is 1.75. The molecule has 6 heteroatoms. The van der Waals surface area contributed by atoms with Crippen molar-refractivity contribution in [3.8, 4) is 0 Å². The molecule has 1 saturated carbocycles. The molecule has 1 N–H and O–H groups in total. The van der Waals surface area contributed by atoms with Crippen LogP contribution in [0.2, 0.25) is 0 Å². The Bertz CT molecular complexity index is 959. The van der Waals surface area contributed by atoms with E-state index in [1.165, 1.54) is 24.0 Å². The maximum absolute atomic E-state index is 13.5. The van der Waals surface area contributed by atoms with Crippen LogP contribution >= 0.6 is 11.3 Å². The van der Waals surface area contributed by atoms with Crippen molar-refractivity contribution in [3.05, 3.63) is 76.4 Å². The van der Waals surface area contributed by atoms with Crippen LogP contribution in [0.5, 0.6) is 0 Å². The molecular weight excluding hydrogens is 396 g/mol. The number of hydrogen-bond donors (Lipinski definition) is 1. The minimum absolute atomic E-state index is 0.148. The standard InChI is InChI=1S/C24H26N2O3S/c1-17-11-13-19(14-12-17)26(24(28)20-9-5-15-29-20)22(21-10-6-16-30-21)23(27)25-18-7-3-2-4-8-18/h5-6,9-16,18,22H,2-4,7-8H2,1H3,(H,25,27)/t22-/m1/s1. The van der Waals surface area contributed by atoms with Crippen LogP contribution in [-0.4, -0.2) is 17.9 Å². The number of carbonyl (C=O) groups excluding carboxylic acids is 2. The summed E-state index contributed by atoms with van der Waals surface area (Å²) in [6.07, 6.45) is 6.92. The first-order valence-corrected chi connectivity index (χ1v) is 11.3. The molecule has 2 heterocycles. The van der Waals surface area contributed by atoms with Crippen molar-refractivity contribution in [3.63, 3.8) is 0 Å². The van der Waals surface area contributed by atoms with Crippen LogP contribution in [0.1, 0.15) is 59.1 Å². The molecule has 0 aliphatic heterocycles. The molecule has 1 atom stereocenters. The second-order valence-electron chi connectivity index (χ2n) is 7.75. The number of rotatable bonds is 6. The number of hydrogen-bond acceptors (Lipinski definition) is 4. The van der Waals surface area contributed by atoms with Crippen molar-refractivity contribution in [1.82, 2.24) is 5.32 Å². The zero-order valence-electron chi connectivity index (χ0n) is 17.0. The Labute approximate surface area is 180 Å². The van der Waals surface area contributed by atoms with Crippen molar-refractivity contribution in [2.45, 2.75) is 51.1 Å². The van der Waals surface area contributed by atoms with Crippen LogP contribution in [0.15, 0.2) is 64.6 Å². The van der Waals surface area contributed by atoms with E-state index in [2.05, 4.69) is 5.32 Å². The van der Waals surface area contributed by atoms with E-state index in [4.69, 9.17) is 4.42 Å². The molecule has 1 aromatic carbocycles. The third-order valence-corrected chi connectivity index (χ3v) is 6.46. The maximum Gasteiger partial charge on any atom is 0.295 e. The van der Waals surface area contributed by atoms with Crippen LogP contribution < -0.4 is 10.2 Å². The second-order valence-corrected chi connectivity index (χ2v) is 8.73. The van der Waals surface area contributed by atoms with Crippen molar-refractivity contribution >= 4 is 28.8 Å². The molecule has 1 aliphatic carbocycles. The Kier molecular flexibility index (Phi) is 6.33. The highest BCUT2D eigenvalue weighted by Gasteiger charge is 2.36. The molecular formula is C24H26N2O3S. The van der Waals surface area contributed by atoms with E-state index in [0.717, 1.165) is 36.1 Å². The molecule has 5 nitrogen and oxygen atoms in total. The molecule has 1 aliphatic rings. The fraction of sp³-hybridized carbons (Fsp3) is 0.333. The van der Waals surface area contributed by atoms with Gasteiger partial charge < -0.3 is 9.73 Å². The minimum atomic E-state index is -0.757. The van der Waals surface area contributed by atoms with E-state index in [1.807, 2.05) is 48.7 Å². The molecule has 4 rings (SSSR count). The number of anilines is 1. The first-order chi connectivity index (χ1) is 14.6. The summed E-state index contributed by atoms with van der Waals surface area (Å²) in [5, 5.41) is 5.14. The molecule has 2 aromatic heterocycles. The lowest BCUT2D eigenvalue weighted by atomic mass is 9.95. The Morgan fingerprint density at radius 2 is 1.83 bits per heavy atom. The van der Waals surface area contributed by atoms with Crippen LogP contribution in [-0.2, 0) is 4.79 Å². The predicted molar refractivity (Wildman–Crippen MR) is 119 cm³/mol. The molecule has 0 spiro atoms. The van der Waals surface area contributed by atoms with E-state index in [0.29, 0.717) is 5.69 Å². The van der Waals surface area contributed by atoms with Gasteiger partial charge in [-0.2, -0.15) is 0 Å². The number of thiophene rings is 1. The quantitative estimate of drug-likeness (QED) is 0.572. The first-order valence-electron chi connectivity index (χ1n) is 10.4. The maximum atomic E-state index is 13.5. The van der Waals surface area contributed by atoms with Gasteiger partial charge in [-0.1, -0.05) is 43.0 Å². The van der Waals surface area contributed by atoms with Crippen LogP contribution in [0.3, 0.4) is 0 Å². The summed E-state index contributed by atoms with van der Waals surface area (Å²) in [6.45, 7) is 2.00. The summed E-state index contributed by atoms with van der Waals surface area (Å²) in [6, 6.07) is 14.2. The third kappa shape index (κ3) is 4.49. The van der Waals surface area contributed by atoms with Crippen molar-refractivity contribution in [1.29, 1.82) is 0 Å². The number of nitrogens with zero attached hydrogens (tertiary/aromatic N) is 1. The first kappa shape index (κ1) is 20.4. The van der Waals surface area contributed by atoms with Gasteiger partial charge in [0.1, 0.15) is 0 Å². The number of amides is 2. The Morgan fingerprint density at radius 1 is 1.07 bits per heavy atom. The Morgan fingerprint density at radius 3 is 2.47 bits per heavy atom. The molecule has 30 heavy (non-hydrogen) atoms. The largest absolute Gasteiger partial charge is 0.459 e. The highest BCUT2D eigenvalue weighted by molar-refractivity contribution is 7.10. The molecule has 156 valence electrons. The fourth-order valence-electron chi connectivity index (χ4n) is 3.96. The van der Waals surface area contributed by atoms with Gasteiger partial charge in [0, 0.05) is 16.6 Å². The highest BCUT2D eigenvalue weighted by atomic mass is 32.1. The van der Waals surface area contributed by atoms with Gasteiger partial charge in [-0.05, 0) is 55.5 Å². The van der Waals surface area contributed by atoms with E-state index in [9.17, 15) is 9.59 Å². The van der Waals surface area contributed by atoms with Gasteiger partial charge in [-0.3, -0.25) is 14.5 Å². The highest BCUT2D eigenvalue weighted by Crippen LogP contribution is 2.33. The van der Waals surface area contributed by atoms with Gasteiger partial charge in [-0.25, -0.2) is 0 Å². The van der Waals surface area contributed by atoms with E-state index >= 15 is 0 Å². The van der Waals surface area contributed by atoms with E-state index < -0.39 is 6.04 Å². The van der Waals surface area contributed by atoms with Crippen molar-refractivity contribution in [2.75, 3.05) is 4.90 Å². The monoisotopic (exact) mass is 422 g/mol. The van der Waals surface area contributed by atoms with Crippen LogP contribution in [0.4, 0.5) is 5.69 Å². The average Bonchev–Trinajstić information content (AvgIpc) is 3.47. The average molecular weight is 423 g/mol. The molecule has 2 amide bonds. The smallest absolute Gasteiger partial charge is 0.295 e. The lowest BCUT2D eigenvalue weighted by molar-refractivity contribution is -0.123. The van der Waals surface area contributed by atoms with Gasteiger partial charge in [0.05, 0.1) is 6.26 Å². The summed E-state index contributed by atoms with van der Waals surface area (Å²) in [4.78, 5) is 29.4. The number of nitrogens with one attached hydrogen (secondary N) is 1. The third-order valence-electron chi connectivity index (χ3n) is 5.53. The Hall–Kier alpha value is -2.86. The zero-order valence-corrected chi connectivity index (χ0v) is 17.9. The second kappa shape index (κ2) is 9.30.